The summed E-state index contributed by atoms with van der Waals surface area (Å²) in [5.74, 6) is -4.66. The molecule has 0 radical (unpaired) electrons. The molecule has 0 saturated heterocycles. The Hall–Kier alpha value is -3.88. The number of amides is 2. The number of nitrogens with one attached hydrogen (secondary N) is 2. The second-order valence-electron chi connectivity index (χ2n) is 11.0. The van der Waals surface area contributed by atoms with E-state index >= 15 is 0 Å². The molecule has 3 unspecified atom stereocenters. The van der Waals surface area contributed by atoms with Crippen LogP contribution in [0.3, 0.4) is 0 Å². The second kappa shape index (κ2) is 14.5. The van der Waals surface area contributed by atoms with Crippen LogP contribution in [0, 0.1) is 23.7 Å². The molecular formula is C31H39N3O6. The highest BCUT2D eigenvalue weighted by Crippen LogP contribution is 2.22. The zero-order valence-corrected chi connectivity index (χ0v) is 23.6. The number of carbonyl (C=O) groups excluding carboxylic acids is 5. The van der Waals surface area contributed by atoms with Crippen LogP contribution in [0.15, 0.2) is 48.8 Å². The van der Waals surface area contributed by atoms with Gasteiger partial charge in [-0.15, -0.1) is 0 Å². The molecule has 2 heterocycles. The van der Waals surface area contributed by atoms with Crippen LogP contribution in [0.25, 0.3) is 0 Å². The summed E-state index contributed by atoms with van der Waals surface area (Å²) < 4.78 is 5.38. The Labute approximate surface area is 235 Å². The fourth-order valence-electron chi connectivity index (χ4n) is 4.85. The van der Waals surface area contributed by atoms with E-state index < -0.39 is 41.4 Å². The Morgan fingerprint density at radius 2 is 1.75 bits per heavy atom. The molecule has 2 aromatic rings. The Balaban J connectivity index is 1.69. The van der Waals surface area contributed by atoms with Crippen LogP contribution in [0.5, 0.6) is 0 Å². The van der Waals surface area contributed by atoms with E-state index in [2.05, 4.69) is 15.6 Å². The van der Waals surface area contributed by atoms with Crippen LogP contribution in [0.4, 0.5) is 0 Å². The van der Waals surface area contributed by atoms with E-state index in [9.17, 15) is 24.0 Å². The number of hydrogen-bond acceptors (Lipinski definition) is 7. The van der Waals surface area contributed by atoms with Crippen molar-refractivity contribution in [2.45, 2.75) is 66.0 Å². The molecule has 9 nitrogen and oxygen atoms in total. The third-order valence-electron chi connectivity index (χ3n) is 7.28. The largest absolute Gasteiger partial charge is 0.461 e. The lowest BCUT2D eigenvalue weighted by molar-refractivity contribution is -0.149. The molecule has 1 aromatic heterocycles. The van der Waals surface area contributed by atoms with Gasteiger partial charge in [0.25, 0.3) is 5.91 Å². The lowest BCUT2D eigenvalue weighted by Gasteiger charge is -2.27. The number of ketones is 2. The summed E-state index contributed by atoms with van der Waals surface area (Å²) in [6.07, 6.45) is 3.78. The highest BCUT2D eigenvalue weighted by atomic mass is 16.5. The monoisotopic (exact) mass is 549 g/mol. The number of hydrogen-bond donors (Lipinski definition) is 2. The Morgan fingerprint density at radius 3 is 2.42 bits per heavy atom. The van der Waals surface area contributed by atoms with Crippen LogP contribution in [-0.4, -0.2) is 46.9 Å². The van der Waals surface area contributed by atoms with Gasteiger partial charge in [-0.2, -0.15) is 0 Å². The van der Waals surface area contributed by atoms with Crippen molar-refractivity contribution in [3.8, 4) is 0 Å². The van der Waals surface area contributed by atoms with Gasteiger partial charge in [0.1, 0.15) is 6.61 Å². The fourth-order valence-corrected chi connectivity index (χ4v) is 4.85. The van der Waals surface area contributed by atoms with Gasteiger partial charge in [0.15, 0.2) is 5.78 Å². The molecular weight excluding hydrogens is 510 g/mol. The number of fused-ring (bicyclic) bond motifs is 1. The van der Waals surface area contributed by atoms with Gasteiger partial charge in [-0.1, -0.05) is 58.0 Å². The van der Waals surface area contributed by atoms with Crippen LogP contribution in [0.2, 0.25) is 0 Å². The van der Waals surface area contributed by atoms with Crippen LogP contribution < -0.4 is 10.6 Å². The lowest BCUT2D eigenvalue weighted by Crippen LogP contribution is -2.49. The zero-order valence-electron chi connectivity index (χ0n) is 23.6. The van der Waals surface area contributed by atoms with E-state index in [4.69, 9.17) is 4.74 Å². The third kappa shape index (κ3) is 8.56. The molecule has 0 saturated carbocycles. The maximum absolute atomic E-state index is 13.5. The van der Waals surface area contributed by atoms with E-state index in [1.165, 1.54) is 0 Å². The van der Waals surface area contributed by atoms with E-state index in [0.717, 1.165) is 16.7 Å². The molecule has 2 N–H and O–H groups in total. The maximum Gasteiger partial charge on any atom is 0.306 e. The minimum atomic E-state index is -0.883. The zero-order chi connectivity index (χ0) is 29.2. The first kappa shape index (κ1) is 30.7. The van der Waals surface area contributed by atoms with Crippen LogP contribution in [0.1, 0.15) is 57.2 Å². The van der Waals surface area contributed by atoms with Gasteiger partial charge < -0.3 is 15.4 Å². The van der Waals surface area contributed by atoms with Crippen molar-refractivity contribution < 1.29 is 28.7 Å². The number of nitrogens with zero attached hydrogens (tertiary/aromatic N) is 1. The molecule has 2 amide bonds. The topological polar surface area (TPSA) is 132 Å². The predicted molar refractivity (Wildman–Crippen MR) is 149 cm³/mol. The van der Waals surface area contributed by atoms with Crippen molar-refractivity contribution in [3.63, 3.8) is 0 Å². The molecule has 1 aliphatic heterocycles. The van der Waals surface area contributed by atoms with Gasteiger partial charge in [-0.05, 0) is 47.4 Å². The molecule has 0 spiro atoms. The maximum atomic E-state index is 13.5. The SMILES string of the molecule is CC(C)C(CC(=O)OCc1ccccc1)C(=O)NC(C(=O)CC1Cc2cnccc2CCNC(=O)C1=O)C(C)C. The van der Waals surface area contributed by atoms with Gasteiger partial charge in [0, 0.05) is 31.3 Å². The van der Waals surface area contributed by atoms with E-state index in [0.29, 0.717) is 13.0 Å². The normalized spacial score (nSPS) is 17.1. The molecule has 40 heavy (non-hydrogen) atoms. The number of ether oxygens (including phenoxy) is 1. The van der Waals surface area contributed by atoms with Crippen molar-refractivity contribution in [2.75, 3.05) is 6.54 Å². The Bertz CT molecular complexity index is 1210. The number of rotatable bonds is 11. The molecule has 1 aliphatic rings. The number of benzene rings is 1. The number of Topliss-reactive ketones (excluding diaryl/α,β-unsaturated/α-hetero) is 2. The highest BCUT2D eigenvalue weighted by Gasteiger charge is 2.35. The lowest BCUT2D eigenvalue weighted by atomic mass is 9.85. The van der Waals surface area contributed by atoms with Crippen LogP contribution >= 0.6 is 0 Å². The van der Waals surface area contributed by atoms with Crippen molar-refractivity contribution in [1.29, 1.82) is 0 Å². The smallest absolute Gasteiger partial charge is 0.306 e. The molecule has 3 atom stereocenters. The summed E-state index contributed by atoms with van der Waals surface area (Å²) in [5.41, 5.74) is 2.64. The summed E-state index contributed by atoms with van der Waals surface area (Å²) in [6.45, 7) is 7.71. The minimum Gasteiger partial charge on any atom is -0.461 e. The second-order valence-corrected chi connectivity index (χ2v) is 11.0. The fraction of sp³-hybridized carbons (Fsp3) is 0.484. The van der Waals surface area contributed by atoms with E-state index in [1.54, 1.807) is 26.2 Å². The first-order valence-corrected chi connectivity index (χ1v) is 13.8. The molecule has 0 bridgehead atoms. The number of carbonyl (C=O) groups is 5. The summed E-state index contributed by atoms with van der Waals surface area (Å²) in [6, 6.07) is 10.2. The Kier molecular flexibility index (Phi) is 11.1. The number of aromatic nitrogens is 1. The number of pyridine rings is 1. The molecule has 214 valence electrons. The molecule has 9 heteroatoms. The Morgan fingerprint density at radius 1 is 1.02 bits per heavy atom. The summed E-state index contributed by atoms with van der Waals surface area (Å²) >= 11 is 0. The third-order valence-corrected chi connectivity index (χ3v) is 7.28. The van der Waals surface area contributed by atoms with Gasteiger partial charge in [-0.25, -0.2) is 0 Å². The van der Waals surface area contributed by atoms with Crippen LogP contribution in [-0.2, 0) is 48.2 Å². The van der Waals surface area contributed by atoms with E-state index in [1.807, 2.05) is 50.2 Å². The summed E-state index contributed by atoms with van der Waals surface area (Å²) in [7, 11) is 0. The average molecular weight is 550 g/mol. The van der Waals surface area contributed by atoms with Crippen molar-refractivity contribution in [1.82, 2.24) is 15.6 Å². The molecule has 0 fully saturated rings. The first-order valence-electron chi connectivity index (χ1n) is 13.8. The summed E-state index contributed by atoms with van der Waals surface area (Å²) in [4.78, 5) is 69.0. The van der Waals surface area contributed by atoms with Crippen molar-refractivity contribution >= 4 is 29.4 Å². The van der Waals surface area contributed by atoms with Crippen molar-refractivity contribution in [2.24, 2.45) is 23.7 Å². The highest BCUT2D eigenvalue weighted by molar-refractivity contribution is 6.37. The molecule has 3 rings (SSSR count). The number of esters is 1. The van der Waals surface area contributed by atoms with Gasteiger partial charge in [0.05, 0.1) is 18.4 Å². The quantitative estimate of drug-likeness (QED) is 0.325. The predicted octanol–water partition coefficient (Wildman–Crippen LogP) is 2.99. The van der Waals surface area contributed by atoms with Gasteiger partial charge in [-0.3, -0.25) is 29.0 Å². The molecule has 1 aromatic carbocycles. The first-order chi connectivity index (χ1) is 19.1. The minimum absolute atomic E-state index is 0.112. The average Bonchev–Trinajstić information content (AvgIpc) is 2.98. The van der Waals surface area contributed by atoms with Crippen molar-refractivity contribution in [3.05, 3.63) is 65.5 Å². The summed E-state index contributed by atoms with van der Waals surface area (Å²) in [5, 5.41) is 5.47. The van der Waals surface area contributed by atoms with Gasteiger partial charge >= 0.3 is 5.97 Å². The van der Waals surface area contributed by atoms with Gasteiger partial charge in [0.2, 0.25) is 11.7 Å². The molecule has 0 aliphatic carbocycles. The standard InChI is InChI=1S/C31H39N3O6/c1-19(2)25(16-27(36)40-18-21-8-6-5-7-9-21)30(38)34-28(20(3)4)26(35)15-23-14-24-17-32-12-10-22(24)11-13-33-31(39)29(23)37/h5-10,12,17,19-20,23,25,28H,11,13-16,18H2,1-4H3,(H,33,39)(H,34,38). The van der Waals surface area contributed by atoms with E-state index in [-0.39, 0.29) is 43.5 Å².